The third kappa shape index (κ3) is 4.44. The summed E-state index contributed by atoms with van der Waals surface area (Å²) in [4.78, 5) is 27.2. The molecule has 6 nitrogen and oxygen atoms in total. The summed E-state index contributed by atoms with van der Waals surface area (Å²) in [5.41, 5.74) is 0.161. The Bertz CT molecular complexity index is 674. The molecular weight excluding hydrogens is 328 g/mol. The predicted molar refractivity (Wildman–Crippen MR) is 83.6 cm³/mol. The van der Waals surface area contributed by atoms with Crippen molar-refractivity contribution in [1.29, 1.82) is 0 Å². The zero-order valence-electron chi connectivity index (χ0n) is 11.7. The van der Waals surface area contributed by atoms with Gasteiger partial charge in [-0.3, -0.25) is 10.1 Å². The first-order valence-corrected chi connectivity index (χ1v) is 7.65. The molecule has 2 rings (SSSR count). The highest BCUT2D eigenvalue weighted by atomic mass is 35.5. The van der Waals surface area contributed by atoms with Crippen LogP contribution in [0.3, 0.4) is 0 Å². The van der Waals surface area contributed by atoms with E-state index >= 15 is 0 Å². The average Bonchev–Trinajstić information content (AvgIpc) is 2.95. The van der Waals surface area contributed by atoms with Crippen molar-refractivity contribution < 1.29 is 19.1 Å². The minimum Gasteiger partial charge on any atom is -0.482 e. The van der Waals surface area contributed by atoms with Crippen molar-refractivity contribution in [1.82, 2.24) is 4.98 Å². The lowest BCUT2D eigenvalue weighted by molar-refractivity contribution is -0.118. The van der Waals surface area contributed by atoms with Crippen molar-refractivity contribution in [2.24, 2.45) is 0 Å². The van der Waals surface area contributed by atoms with Crippen LogP contribution < -0.4 is 10.1 Å². The van der Waals surface area contributed by atoms with Crippen LogP contribution in [0.1, 0.15) is 17.4 Å². The Morgan fingerprint density at radius 2 is 2.14 bits per heavy atom. The number of hydrogen-bond acceptors (Lipinski definition) is 6. The van der Waals surface area contributed by atoms with E-state index < -0.39 is 11.9 Å². The molecule has 22 heavy (non-hydrogen) atoms. The van der Waals surface area contributed by atoms with E-state index in [1.54, 1.807) is 31.2 Å². The monoisotopic (exact) mass is 340 g/mol. The highest BCUT2D eigenvalue weighted by Gasteiger charge is 2.13. The molecule has 0 bridgehead atoms. The summed E-state index contributed by atoms with van der Waals surface area (Å²) >= 11 is 7.05. The Labute approximate surface area is 136 Å². The molecule has 1 aromatic carbocycles. The largest absolute Gasteiger partial charge is 0.482 e. The maximum absolute atomic E-state index is 11.8. The molecule has 0 radical (unpaired) electrons. The fraction of sp³-hybridized carbons (Fsp3) is 0.214. The topological polar surface area (TPSA) is 77.5 Å². The first-order chi connectivity index (χ1) is 10.6. The van der Waals surface area contributed by atoms with E-state index in [1.807, 2.05) is 0 Å². The zero-order valence-corrected chi connectivity index (χ0v) is 13.2. The number of anilines is 1. The summed E-state index contributed by atoms with van der Waals surface area (Å²) in [7, 11) is 0. The zero-order chi connectivity index (χ0) is 15.9. The molecule has 0 fully saturated rings. The minimum atomic E-state index is -0.522. The van der Waals surface area contributed by atoms with Gasteiger partial charge in [0.15, 0.2) is 17.4 Å². The number of aromatic nitrogens is 1. The Morgan fingerprint density at radius 1 is 1.36 bits per heavy atom. The van der Waals surface area contributed by atoms with Gasteiger partial charge in [-0.05, 0) is 19.1 Å². The van der Waals surface area contributed by atoms with Crippen LogP contribution in [0.2, 0.25) is 5.02 Å². The molecule has 0 unspecified atom stereocenters. The number of ether oxygens (including phenoxy) is 2. The quantitative estimate of drug-likeness (QED) is 0.818. The first kappa shape index (κ1) is 16.3. The summed E-state index contributed by atoms with van der Waals surface area (Å²) in [5.74, 6) is -0.498. The van der Waals surface area contributed by atoms with E-state index in [2.05, 4.69) is 10.3 Å². The molecule has 2 aromatic rings. The van der Waals surface area contributed by atoms with Crippen LogP contribution >= 0.6 is 22.9 Å². The highest BCUT2D eigenvalue weighted by Crippen LogP contribution is 2.23. The minimum absolute atomic E-state index is 0.161. The lowest BCUT2D eigenvalue weighted by Crippen LogP contribution is -2.20. The molecule has 116 valence electrons. The Kier molecular flexibility index (Phi) is 5.74. The molecule has 0 saturated heterocycles. The van der Waals surface area contributed by atoms with E-state index in [9.17, 15) is 9.59 Å². The second-order valence-corrected chi connectivity index (χ2v) is 5.29. The summed E-state index contributed by atoms with van der Waals surface area (Å²) in [6.45, 7) is 1.76. The molecule has 1 N–H and O–H groups in total. The van der Waals surface area contributed by atoms with Gasteiger partial charge in [0, 0.05) is 5.38 Å². The molecule has 1 amide bonds. The summed E-state index contributed by atoms with van der Waals surface area (Å²) in [6, 6.07) is 6.85. The average molecular weight is 341 g/mol. The number of carbonyl (C=O) groups is 2. The standard InChI is InChI=1S/C14H13ClN2O4S/c1-2-20-13(19)10-8-22-14(16-10)17-12(18)7-21-11-6-4-3-5-9(11)15/h3-6,8H,2,7H2,1H3,(H,16,17,18). The summed E-state index contributed by atoms with van der Waals surface area (Å²) in [5, 5.41) is 4.78. The van der Waals surface area contributed by atoms with Gasteiger partial charge in [0.1, 0.15) is 5.75 Å². The predicted octanol–water partition coefficient (Wildman–Crippen LogP) is 2.99. The smallest absolute Gasteiger partial charge is 0.357 e. The van der Waals surface area contributed by atoms with Crippen LogP contribution in [-0.4, -0.2) is 30.1 Å². The van der Waals surface area contributed by atoms with E-state index in [-0.39, 0.29) is 18.9 Å². The number of hydrogen-bond donors (Lipinski definition) is 1. The number of para-hydroxylation sites is 1. The van der Waals surface area contributed by atoms with Crippen LogP contribution in [-0.2, 0) is 9.53 Å². The number of rotatable bonds is 6. The summed E-state index contributed by atoms with van der Waals surface area (Å²) < 4.78 is 10.1. The molecule has 1 aromatic heterocycles. The van der Waals surface area contributed by atoms with Crippen molar-refractivity contribution in [3.05, 3.63) is 40.4 Å². The number of benzene rings is 1. The third-order valence-electron chi connectivity index (χ3n) is 2.43. The van der Waals surface area contributed by atoms with Gasteiger partial charge in [-0.1, -0.05) is 23.7 Å². The number of nitrogens with zero attached hydrogens (tertiary/aromatic N) is 1. The number of halogens is 1. The van der Waals surface area contributed by atoms with Crippen molar-refractivity contribution >= 4 is 39.9 Å². The highest BCUT2D eigenvalue weighted by molar-refractivity contribution is 7.14. The van der Waals surface area contributed by atoms with Gasteiger partial charge in [-0.25, -0.2) is 9.78 Å². The molecule has 8 heteroatoms. The number of carbonyl (C=O) groups excluding carboxylic acids is 2. The fourth-order valence-electron chi connectivity index (χ4n) is 1.49. The molecule has 0 spiro atoms. The van der Waals surface area contributed by atoms with Crippen molar-refractivity contribution in [3.8, 4) is 5.75 Å². The van der Waals surface area contributed by atoms with Crippen molar-refractivity contribution in [3.63, 3.8) is 0 Å². The molecular formula is C14H13ClN2O4S. The van der Waals surface area contributed by atoms with Crippen molar-refractivity contribution in [2.75, 3.05) is 18.5 Å². The number of esters is 1. The van der Waals surface area contributed by atoms with Gasteiger partial charge < -0.3 is 9.47 Å². The number of thiazole rings is 1. The fourth-order valence-corrected chi connectivity index (χ4v) is 2.38. The van der Waals surface area contributed by atoms with Crippen LogP contribution in [0.5, 0.6) is 5.75 Å². The maximum Gasteiger partial charge on any atom is 0.357 e. The third-order valence-corrected chi connectivity index (χ3v) is 3.50. The Hall–Kier alpha value is -2.12. The van der Waals surface area contributed by atoms with Crippen LogP contribution in [0.25, 0.3) is 0 Å². The van der Waals surface area contributed by atoms with Gasteiger partial charge in [-0.15, -0.1) is 11.3 Å². The normalized spacial score (nSPS) is 10.1. The van der Waals surface area contributed by atoms with Gasteiger partial charge in [0.25, 0.3) is 5.91 Å². The molecule has 0 saturated carbocycles. The lowest BCUT2D eigenvalue weighted by Gasteiger charge is -2.06. The number of nitrogens with one attached hydrogen (secondary N) is 1. The maximum atomic E-state index is 11.8. The molecule has 1 heterocycles. The van der Waals surface area contributed by atoms with Crippen LogP contribution in [0.4, 0.5) is 5.13 Å². The first-order valence-electron chi connectivity index (χ1n) is 6.40. The number of amides is 1. The Balaban J connectivity index is 1.87. The molecule has 0 atom stereocenters. The van der Waals surface area contributed by atoms with E-state index in [0.29, 0.717) is 15.9 Å². The lowest BCUT2D eigenvalue weighted by atomic mass is 10.3. The van der Waals surface area contributed by atoms with Gasteiger partial charge in [-0.2, -0.15) is 0 Å². The molecule has 0 aliphatic rings. The second-order valence-electron chi connectivity index (χ2n) is 4.03. The van der Waals surface area contributed by atoms with Gasteiger partial charge in [0.2, 0.25) is 0 Å². The van der Waals surface area contributed by atoms with E-state index in [4.69, 9.17) is 21.1 Å². The van der Waals surface area contributed by atoms with Gasteiger partial charge >= 0.3 is 5.97 Å². The SMILES string of the molecule is CCOC(=O)c1csc(NC(=O)COc2ccccc2Cl)n1. The van der Waals surface area contributed by atoms with Gasteiger partial charge in [0.05, 0.1) is 11.6 Å². The van der Waals surface area contributed by atoms with Crippen molar-refractivity contribution in [2.45, 2.75) is 6.92 Å². The summed E-state index contributed by atoms with van der Waals surface area (Å²) in [6.07, 6.45) is 0. The van der Waals surface area contributed by atoms with Crippen LogP contribution in [0, 0.1) is 0 Å². The van der Waals surface area contributed by atoms with E-state index in [0.717, 1.165) is 11.3 Å². The Morgan fingerprint density at radius 3 is 2.86 bits per heavy atom. The van der Waals surface area contributed by atoms with E-state index in [1.165, 1.54) is 5.38 Å². The second kappa shape index (κ2) is 7.77. The van der Waals surface area contributed by atoms with Crippen LogP contribution in [0.15, 0.2) is 29.6 Å². The molecule has 0 aliphatic heterocycles. The molecule has 0 aliphatic carbocycles.